The molecule has 0 amide bonds. The zero-order valence-corrected chi connectivity index (χ0v) is 11.5. The van der Waals surface area contributed by atoms with Gasteiger partial charge in [-0.15, -0.1) is 11.6 Å². The van der Waals surface area contributed by atoms with Gasteiger partial charge < -0.3 is 0 Å². The molecule has 0 nitrogen and oxygen atoms in total. The molecule has 0 N–H and O–H groups in total. The molecule has 0 rings (SSSR count). The van der Waals surface area contributed by atoms with E-state index in [4.69, 9.17) is 33.8 Å². The molecule has 0 unspecified atom stereocenters. The Morgan fingerprint density at radius 1 is 0.692 bits per heavy atom. The van der Waals surface area contributed by atoms with E-state index in [1.54, 1.807) is 0 Å². The van der Waals surface area contributed by atoms with E-state index in [9.17, 15) is 0 Å². The van der Waals surface area contributed by atoms with Gasteiger partial charge >= 0.3 is 0 Å². The van der Waals surface area contributed by atoms with Gasteiger partial charge in [0.2, 0.25) is 7.42 Å². The topological polar surface area (TPSA) is 0 Å². The SMILES string of the molecule is ClCCCCCCCCC[SiH](Cl)Cl. The lowest BCUT2D eigenvalue weighted by molar-refractivity contribution is 0.603. The average Bonchev–Trinajstić information content (AvgIpc) is 2.09. The van der Waals surface area contributed by atoms with Gasteiger partial charge in [0.15, 0.2) is 0 Å². The number of alkyl halides is 1. The third-order valence-electron chi connectivity index (χ3n) is 2.06. The lowest BCUT2D eigenvalue weighted by Crippen LogP contribution is -1.91. The van der Waals surface area contributed by atoms with Crippen LogP contribution in [-0.2, 0) is 0 Å². The minimum atomic E-state index is -1.31. The number of halogens is 3. The lowest BCUT2D eigenvalue weighted by atomic mass is 10.1. The molecule has 0 aliphatic rings. The minimum absolute atomic E-state index is 0.811. The molecule has 0 aliphatic heterocycles. The molecule has 0 saturated heterocycles. The molecular formula is C9H19Cl3Si. The number of hydrogen-bond acceptors (Lipinski definition) is 0. The zero-order chi connectivity index (χ0) is 9.94. The van der Waals surface area contributed by atoms with Gasteiger partial charge in [-0.2, -0.15) is 22.2 Å². The van der Waals surface area contributed by atoms with Crippen LogP contribution in [0, 0.1) is 0 Å². The van der Waals surface area contributed by atoms with Gasteiger partial charge in [-0.3, -0.25) is 0 Å². The molecular weight excluding hydrogens is 243 g/mol. The second kappa shape index (κ2) is 11.2. The molecule has 0 bridgehead atoms. The highest BCUT2D eigenvalue weighted by Gasteiger charge is 2.00. The van der Waals surface area contributed by atoms with E-state index in [-0.39, 0.29) is 0 Å². The summed E-state index contributed by atoms with van der Waals surface area (Å²) in [7, 11) is -1.31. The minimum Gasteiger partial charge on any atom is -0.150 e. The number of hydrogen-bond donors (Lipinski definition) is 0. The smallest absolute Gasteiger partial charge is 0.150 e. The highest BCUT2D eigenvalue weighted by Crippen LogP contribution is 2.12. The van der Waals surface area contributed by atoms with Crippen LogP contribution in [0.1, 0.15) is 44.9 Å². The molecule has 13 heavy (non-hydrogen) atoms. The Kier molecular flexibility index (Phi) is 12.1. The Labute approximate surface area is 98.0 Å². The van der Waals surface area contributed by atoms with Gasteiger partial charge in [-0.1, -0.05) is 38.5 Å². The second-order valence-corrected chi connectivity index (χ2v) is 8.91. The summed E-state index contributed by atoms with van der Waals surface area (Å²) in [6, 6.07) is 1.07. The molecule has 0 aromatic heterocycles. The zero-order valence-electron chi connectivity index (χ0n) is 8.08. The van der Waals surface area contributed by atoms with E-state index >= 15 is 0 Å². The first-order valence-corrected chi connectivity index (χ1v) is 9.95. The van der Waals surface area contributed by atoms with Crippen molar-refractivity contribution >= 4 is 41.2 Å². The van der Waals surface area contributed by atoms with Crippen molar-refractivity contribution in [3.63, 3.8) is 0 Å². The maximum atomic E-state index is 5.75. The summed E-state index contributed by atoms with van der Waals surface area (Å²) in [5.74, 6) is 0.811. The van der Waals surface area contributed by atoms with Gasteiger partial charge in [-0.25, -0.2) is 0 Å². The summed E-state index contributed by atoms with van der Waals surface area (Å²) in [6.45, 7) is 0. The van der Waals surface area contributed by atoms with Crippen molar-refractivity contribution in [2.45, 2.75) is 51.0 Å². The maximum absolute atomic E-state index is 5.75. The highest BCUT2D eigenvalue weighted by molar-refractivity contribution is 7.33. The third kappa shape index (κ3) is 13.1. The molecule has 0 radical (unpaired) electrons. The molecule has 0 heterocycles. The monoisotopic (exact) mass is 260 g/mol. The van der Waals surface area contributed by atoms with Gasteiger partial charge in [0.05, 0.1) is 0 Å². The van der Waals surface area contributed by atoms with Gasteiger partial charge in [-0.05, 0) is 12.5 Å². The van der Waals surface area contributed by atoms with Crippen LogP contribution in [0.25, 0.3) is 0 Å². The Morgan fingerprint density at radius 3 is 1.62 bits per heavy atom. The van der Waals surface area contributed by atoms with E-state index in [2.05, 4.69) is 0 Å². The first-order chi connectivity index (χ1) is 6.27. The lowest BCUT2D eigenvalue weighted by Gasteiger charge is -2.00. The number of rotatable bonds is 9. The molecule has 0 aliphatic carbocycles. The van der Waals surface area contributed by atoms with E-state index in [0.717, 1.165) is 11.9 Å². The van der Waals surface area contributed by atoms with Gasteiger partial charge in [0, 0.05) is 5.88 Å². The molecule has 0 aromatic rings. The van der Waals surface area contributed by atoms with Gasteiger partial charge in [0.25, 0.3) is 0 Å². The van der Waals surface area contributed by atoms with Crippen LogP contribution in [0.5, 0.6) is 0 Å². The fourth-order valence-electron chi connectivity index (χ4n) is 1.28. The van der Waals surface area contributed by atoms with Crippen LogP contribution in [0.4, 0.5) is 0 Å². The predicted octanol–water partition coefficient (Wildman–Crippen LogP) is 4.65. The molecule has 0 fully saturated rings. The molecule has 0 spiro atoms. The van der Waals surface area contributed by atoms with E-state index in [1.165, 1.54) is 44.9 Å². The van der Waals surface area contributed by atoms with Crippen LogP contribution in [0.15, 0.2) is 0 Å². The van der Waals surface area contributed by atoms with Crippen molar-refractivity contribution in [1.82, 2.24) is 0 Å². The van der Waals surface area contributed by atoms with Gasteiger partial charge in [0.1, 0.15) is 0 Å². The van der Waals surface area contributed by atoms with E-state index in [1.807, 2.05) is 0 Å². The second-order valence-electron chi connectivity index (χ2n) is 3.34. The van der Waals surface area contributed by atoms with E-state index < -0.39 is 7.42 Å². The fraction of sp³-hybridized carbons (Fsp3) is 1.00. The van der Waals surface area contributed by atoms with Crippen LogP contribution in [0.3, 0.4) is 0 Å². The summed E-state index contributed by atoms with van der Waals surface area (Å²) in [4.78, 5) is 0. The average molecular weight is 262 g/mol. The Balaban J connectivity index is 2.84. The normalized spacial score (nSPS) is 11.1. The first-order valence-electron chi connectivity index (χ1n) is 5.11. The number of unbranched alkanes of at least 4 members (excludes halogenated alkanes) is 6. The maximum Gasteiger partial charge on any atom is 0.237 e. The van der Waals surface area contributed by atoms with Crippen molar-refractivity contribution in [2.24, 2.45) is 0 Å². The van der Waals surface area contributed by atoms with E-state index in [0.29, 0.717) is 0 Å². The molecule has 0 saturated carbocycles. The quantitative estimate of drug-likeness (QED) is 0.245. The Morgan fingerprint density at radius 2 is 1.15 bits per heavy atom. The summed E-state index contributed by atoms with van der Waals surface area (Å²) in [5, 5.41) is 0. The third-order valence-corrected chi connectivity index (χ3v) is 4.48. The largest absolute Gasteiger partial charge is 0.237 e. The standard InChI is InChI=1S/C9H19Cl3Si/c10-8-6-4-2-1-3-5-7-9-13(11)12/h13H,1-9H2. The van der Waals surface area contributed by atoms with Crippen molar-refractivity contribution in [3.8, 4) is 0 Å². The van der Waals surface area contributed by atoms with Crippen molar-refractivity contribution in [1.29, 1.82) is 0 Å². The van der Waals surface area contributed by atoms with Crippen molar-refractivity contribution in [3.05, 3.63) is 0 Å². The van der Waals surface area contributed by atoms with Crippen LogP contribution in [-0.4, -0.2) is 13.3 Å². The van der Waals surface area contributed by atoms with Crippen LogP contribution < -0.4 is 0 Å². The predicted molar refractivity (Wildman–Crippen MR) is 66.7 cm³/mol. The summed E-state index contributed by atoms with van der Waals surface area (Å²) in [6.07, 6.45) is 8.97. The fourth-order valence-corrected chi connectivity index (χ4v) is 2.99. The Hall–Kier alpha value is 1.09. The summed E-state index contributed by atoms with van der Waals surface area (Å²) in [5.41, 5.74) is 0. The van der Waals surface area contributed by atoms with Crippen LogP contribution in [0.2, 0.25) is 6.04 Å². The van der Waals surface area contributed by atoms with Crippen LogP contribution >= 0.6 is 33.8 Å². The molecule has 0 aromatic carbocycles. The molecule has 0 atom stereocenters. The Bertz CT molecular complexity index is 98.9. The van der Waals surface area contributed by atoms with Crippen molar-refractivity contribution < 1.29 is 0 Å². The molecule has 80 valence electrons. The van der Waals surface area contributed by atoms with Crippen molar-refractivity contribution in [2.75, 3.05) is 5.88 Å². The molecule has 4 heteroatoms. The summed E-state index contributed by atoms with van der Waals surface area (Å²) < 4.78 is 0. The first kappa shape index (κ1) is 14.1. The highest BCUT2D eigenvalue weighted by atomic mass is 35.7. The summed E-state index contributed by atoms with van der Waals surface area (Å²) >= 11 is 17.1.